The van der Waals surface area contributed by atoms with Gasteiger partial charge in [0.1, 0.15) is 17.4 Å². The number of nitrogens with one attached hydrogen (secondary N) is 2. The lowest BCUT2D eigenvalue weighted by Gasteiger charge is -2.25. The maximum Gasteiger partial charge on any atom is 0.326 e. The van der Waals surface area contributed by atoms with Crippen molar-refractivity contribution in [2.24, 2.45) is 0 Å². The van der Waals surface area contributed by atoms with Crippen LogP contribution >= 0.6 is 0 Å². The Bertz CT molecular complexity index is 1220. The summed E-state index contributed by atoms with van der Waals surface area (Å²) in [6, 6.07) is 26.8. The van der Waals surface area contributed by atoms with Crippen LogP contribution in [0.4, 0.5) is 11.4 Å². The van der Waals surface area contributed by atoms with Crippen LogP contribution in [0.3, 0.4) is 0 Å². The molecule has 0 unspecified atom stereocenters. The van der Waals surface area contributed by atoms with E-state index in [1.165, 1.54) is 0 Å². The molecule has 0 aliphatic carbocycles. The molecule has 160 valence electrons. The molecule has 0 aromatic heterocycles. The van der Waals surface area contributed by atoms with E-state index in [4.69, 9.17) is 0 Å². The van der Waals surface area contributed by atoms with E-state index >= 15 is 0 Å². The van der Waals surface area contributed by atoms with Crippen molar-refractivity contribution in [3.05, 3.63) is 128 Å². The Labute approximate surface area is 184 Å². The summed E-state index contributed by atoms with van der Waals surface area (Å²) in [4.78, 5) is 36.6. The molecule has 0 aliphatic heterocycles. The quantitative estimate of drug-likeness (QED) is 0.354. The topological polar surface area (TPSA) is 95.5 Å². The fraction of sp³-hybridized carbons (Fsp3) is 0.115. The van der Waals surface area contributed by atoms with Crippen LogP contribution in [0.5, 0.6) is 0 Å². The molecule has 4 aromatic carbocycles. The predicted molar refractivity (Wildman–Crippen MR) is 125 cm³/mol. The molecule has 0 radical (unpaired) electrons. The Morgan fingerprint density at radius 2 is 1.12 bits per heavy atom. The Morgan fingerprint density at radius 3 is 1.59 bits per heavy atom. The Balaban J connectivity index is 1.63. The highest BCUT2D eigenvalue weighted by molar-refractivity contribution is 5.83. The summed E-state index contributed by atoms with van der Waals surface area (Å²) < 4.78 is 0. The number of carboxylic acids is 1. The van der Waals surface area contributed by atoms with E-state index in [0.717, 1.165) is 16.7 Å². The Morgan fingerprint density at radius 1 is 0.688 bits per heavy atom. The van der Waals surface area contributed by atoms with E-state index in [1.807, 2.05) is 91.0 Å². The zero-order chi connectivity index (χ0) is 22.5. The zero-order valence-electron chi connectivity index (χ0n) is 17.2. The molecule has 4 aromatic rings. The van der Waals surface area contributed by atoms with Gasteiger partial charge in [-0.05, 0) is 16.7 Å². The van der Waals surface area contributed by atoms with Crippen LogP contribution in [-0.4, -0.2) is 17.1 Å². The molecule has 6 heteroatoms. The highest BCUT2D eigenvalue weighted by atomic mass is 16.4. The second kappa shape index (κ2) is 9.31. The normalized spacial score (nSPS) is 11.9. The lowest BCUT2D eigenvalue weighted by molar-refractivity contribution is -0.137. The van der Waals surface area contributed by atoms with Crippen molar-refractivity contribution in [2.45, 2.75) is 18.5 Å². The van der Waals surface area contributed by atoms with Crippen molar-refractivity contribution in [1.82, 2.24) is 0 Å². The van der Waals surface area contributed by atoms with Gasteiger partial charge in [-0.25, -0.2) is 4.79 Å². The van der Waals surface area contributed by atoms with E-state index in [0.29, 0.717) is 0 Å². The maximum atomic E-state index is 12.4. The first-order valence-electron chi connectivity index (χ1n) is 10.3. The van der Waals surface area contributed by atoms with Crippen LogP contribution in [0.25, 0.3) is 0 Å². The molecule has 0 aliphatic rings. The molecule has 0 bridgehead atoms. The third kappa shape index (κ3) is 4.44. The van der Waals surface area contributed by atoms with Gasteiger partial charge in [0.25, 0.3) is 10.9 Å². The number of carbonyl (C=O) groups is 1. The van der Waals surface area contributed by atoms with Gasteiger partial charge in [0.05, 0.1) is 6.04 Å². The summed E-state index contributed by atoms with van der Waals surface area (Å²) in [6.07, 6.45) is 0.176. The molecule has 1 atom stereocenters. The van der Waals surface area contributed by atoms with Crippen molar-refractivity contribution in [3.8, 4) is 0 Å². The summed E-state index contributed by atoms with van der Waals surface area (Å²) in [5, 5.41) is 15.6. The fourth-order valence-corrected chi connectivity index (χ4v) is 3.69. The van der Waals surface area contributed by atoms with E-state index in [2.05, 4.69) is 10.6 Å². The summed E-state index contributed by atoms with van der Waals surface area (Å²) in [7, 11) is 0. The number of anilines is 2. The first-order chi connectivity index (χ1) is 15.5. The van der Waals surface area contributed by atoms with Gasteiger partial charge in [0, 0.05) is 6.42 Å². The van der Waals surface area contributed by atoms with Crippen LogP contribution in [0.15, 0.2) is 101 Å². The zero-order valence-corrected chi connectivity index (χ0v) is 17.2. The number of benzene rings is 3. The van der Waals surface area contributed by atoms with E-state index in [9.17, 15) is 19.5 Å². The largest absolute Gasteiger partial charge is 0.480 e. The lowest BCUT2D eigenvalue weighted by atomic mass is 9.97. The maximum absolute atomic E-state index is 12.4. The Hall–Kier alpha value is -4.19. The predicted octanol–water partition coefficient (Wildman–Crippen LogP) is 3.59. The van der Waals surface area contributed by atoms with E-state index in [1.54, 1.807) is 0 Å². The summed E-state index contributed by atoms with van der Waals surface area (Å²) in [6.45, 7) is 0. The number of hydrogen-bond donors (Lipinski definition) is 3. The van der Waals surface area contributed by atoms with Gasteiger partial charge in [0.15, 0.2) is 0 Å². The van der Waals surface area contributed by atoms with Gasteiger partial charge in [0.2, 0.25) is 0 Å². The molecule has 0 heterocycles. The van der Waals surface area contributed by atoms with Crippen LogP contribution in [0, 0.1) is 0 Å². The number of aliphatic carboxylic acids is 1. The van der Waals surface area contributed by atoms with Crippen molar-refractivity contribution in [2.75, 3.05) is 10.6 Å². The molecule has 0 fully saturated rings. The number of hydrogen-bond acceptors (Lipinski definition) is 5. The van der Waals surface area contributed by atoms with Crippen molar-refractivity contribution >= 4 is 17.3 Å². The fourth-order valence-electron chi connectivity index (χ4n) is 3.69. The highest BCUT2D eigenvalue weighted by Gasteiger charge is 2.28. The summed E-state index contributed by atoms with van der Waals surface area (Å²) in [5.74, 6) is -1.10. The molecular formula is C26H22N2O4. The molecular weight excluding hydrogens is 404 g/mol. The Kier molecular flexibility index (Phi) is 6.12. The highest BCUT2D eigenvalue weighted by Crippen LogP contribution is 2.28. The third-order valence-electron chi connectivity index (χ3n) is 5.36. The average molecular weight is 426 g/mol. The minimum Gasteiger partial charge on any atom is -0.480 e. The molecule has 32 heavy (non-hydrogen) atoms. The van der Waals surface area contributed by atoms with Crippen molar-refractivity contribution < 1.29 is 9.90 Å². The van der Waals surface area contributed by atoms with Gasteiger partial charge < -0.3 is 15.7 Å². The van der Waals surface area contributed by atoms with Crippen LogP contribution < -0.4 is 21.5 Å². The molecule has 3 N–H and O–H groups in total. The molecule has 0 saturated heterocycles. The van der Waals surface area contributed by atoms with E-state index in [-0.39, 0.29) is 23.8 Å². The van der Waals surface area contributed by atoms with Gasteiger partial charge >= 0.3 is 5.97 Å². The summed E-state index contributed by atoms with van der Waals surface area (Å²) >= 11 is 0. The standard InChI is InChI=1S/C26H22N2O4/c29-24-22(27-20(26(31)32)16-17-10-4-1-5-11-17)23(25(24)30)28-21(18-12-6-2-7-13-18)19-14-8-3-9-15-19/h1-15,20-21,27-28H,16H2,(H,31,32)/t20-/m0/s1. The van der Waals surface area contributed by atoms with Crippen LogP contribution in [-0.2, 0) is 11.2 Å². The summed E-state index contributed by atoms with van der Waals surface area (Å²) in [5.41, 5.74) is 1.38. The van der Waals surface area contributed by atoms with Gasteiger partial charge in [-0.15, -0.1) is 0 Å². The first kappa shape index (κ1) is 21.1. The molecule has 0 amide bonds. The minimum absolute atomic E-state index is 0.00944. The second-order valence-electron chi connectivity index (χ2n) is 7.53. The minimum atomic E-state index is -1.10. The molecule has 0 saturated carbocycles. The SMILES string of the molecule is O=C(O)[C@H](Cc1ccccc1)Nc1c(NC(c2ccccc2)c2ccccc2)c(=O)c1=O. The lowest BCUT2D eigenvalue weighted by Crippen LogP contribution is -2.42. The van der Waals surface area contributed by atoms with Gasteiger partial charge in [-0.3, -0.25) is 9.59 Å². The monoisotopic (exact) mass is 426 g/mol. The number of carboxylic acid groups (broad SMARTS) is 1. The third-order valence-corrected chi connectivity index (χ3v) is 5.36. The number of rotatable bonds is 9. The first-order valence-corrected chi connectivity index (χ1v) is 10.3. The smallest absolute Gasteiger partial charge is 0.326 e. The molecule has 6 nitrogen and oxygen atoms in total. The van der Waals surface area contributed by atoms with Gasteiger partial charge in [-0.2, -0.15) is 0 Å². The molecule has 4 rings (SSSR count). The van der Waals surface area contributed by atoms with Crippen LogP contribution in [0.2, 0.25) is 0 Å². The van der Waals surface area contributed by atoms with Crippen molar-refractivity contribution in [1.29, 1.82) is 0 Å². The van der Waals surface area contributed by atoms with Crippen LogP contribution in [0.1, 0.15) is 22.7 Å². The van der Waals surface area contributed by atoms with E-state index < -0.39 is 22.9 Å². The van der Waals surface area contributed by atoms with Crippen molar-refractivity contribution in [3.63, 3.8) is 0 Å². The molecule has 0 spiro atoms. The van der Waals surface area contributed by atoms with Gasteiger partial charge in [-0.1, -0.05) is 91.0 Å². The second-order valence-corrected chi connectivity index (χ2v) is 7.53. The average Bonchev–Trinajstić information content (AvgIpc) is 2.84.